The van der Waals surface area contributed by atoms with Crippen LogP contribution in [0.25, 0.3) is 10.8 Å². The van der Waals surface area contributed by atoms with Crippen molar-refractivity contribution in [2.75, 3.05) is 26.8 Å². The second-order valence-electron chi connectivity index (χ2n) is 5.99. The van der Waals surface area contributed by atoms with E-state index in [9.17, 15) is 0 Å². The van der Waals surface area contributed by atoms with E-state index in [-0.39, 0.29) is 6.10 Å². The quantitative estimate of drug-likeness (QED) is 0.722. The summed E-state index contributed by atoms with van der Waals surface area (Å²) in [5.74, 6) is 0.888. The van der Waals surface area contributed by atoms with E-state index in [0.29, 0.717) is 0 Å². The topological polar surface area (TPSA) is 34.6 Å². The minimum absolute atomic E-state index is 0.116. The van der Waals surface area contributed by atoms with Gasteiger partial charge in [-0.1, -0.05) is 18.2 Å². The van der Waals surface area contributed by atoms with Gasteiger partial charge in [0.2, 0.25) is 0 Å². The van der Waals surface area contributed by atoms with E-state index in [1.807, 2.05) is 17.6 Å². The van der Waals surface area contributed by atoms with Crippen LogP contribution in [0.15, 0.2) is 48.0 Å². The van der Waals surface area contributed by atoms with Gasteiger partial charge in [-0.25, -0.2) is 4.98 Å². The minimum atomic E-state index is 0.116. The summed E-state index contributed by atoms with van der Waals surface area (Å²) in [7, 11) is 1.70. The maximum absolute atomic E-state index is 6.02. The van der Waals surface area contributed by atoms with Crippen molar-refractivity contribution in [3.8, 4) is 5.75 Å². The van der Waals surface area contributed by atoms with Gasteiger partial charge in [-0.2, -0.15) is 0 Å². The van der Waals surface area contributed by atoms with E-state index in [0.717, 1.165) is 32.0 Å². The number of morpholine rings is 1. The third-order valence-electron chi connectivity index (χ3n) is 4.44. The van der Waals surface area contributed by atoms with Crippen LogP contribution in [0.4, 0.5) is 0 Å². The molecule has 2 aromatic carbocycles. The zero-order valence-electron chi connectivity index (χ0n) is 13.6. The molecular formula is C19H20N2O2S. The standard InChI is InChI=1S/C19H20N2O2S/c1-22-17-5-4-14-10-16(3-2-15(14)11-17)18-12-21(7-8-23-18)13-19-20-6-9-24-19/h2-6,9-11,18H,7-8,12-13H2,1H3/t18-/m0/s1. The number of rotatable bonds is 4. The number of thiazole rings is 1. The van der Waals surface area contributed by atoms with E-state index in [1.165, 1.54) is 21.3 Å². The zero-order chi connectivity index (χ0) is 16.4. The lowest BCUT2D eigenvalue weighted by Crippen LogP contribution is -2.37. The van der Waals surface area contributed by atoms with Gasteiger partial charge in [-0.3, -0.25) is 4.90 Å². The fourth-order valence-corrected chi connectivity index (χ4v) is 3.80. The van der Waals surface area contributed by atoms with Crippen molar-refractivity contribution in [2.24, 2.45) is 0 Å². The van der Waals surface area contributed by atoms with Crippen LogP contribution in [-0.2, 0) is 11.3 Å². The summed E-state index contributed by atoms with van der Waals surface area (Å²) in [5.41, 5.74) is 1.23. The first kappa shape index (κ1) is 15.6. The molecule has 0 N–H and O–H groups in total. The lowest BCUT2D eigenvalue weighted by molar-refractivity contribution is -0.0328. The normalized spacial score (nSPS) is 18.8. The Hall–Kier alpha value is -1.95. The Kier molecular flexibility index (Phi) is 4.47. The third-order valence-corrected chi connectivity index (χ3v) is 5.20. The monoisotopic (exact) mass is 340 g/mol. The molecule has 0 saturated carbocycles. The molecule has 5 heteroatoms. The van der Waals surface area contributed by atoms with Crippen LogP contribution in [0.3, 0.4) is 0 Å². The molecule has 4 nitrogen and oxygen atoms in total. The number of aromatic nitrogens is 1. The predicted octanol–water partition coefficient (Wildman–Crippen LogP) is 3.88. The molecule has 0 aliphatic carbocycles. The van der Waals surface area contributed by atoms with Crippen molar-refractivity contribution in [3.05, 3.63) is 58.5 Å². The summed E-state index contributed by atoms with van der Waals surface area (Å²) >= 11 is 1.71. The predicted molar refractivity (Wildman–Crippen MR) is 96.6 cm³/mol. The van der Waals surface area contributed by atoms with Crippen LogP contribution in [0.1, 0.15) is 16.7 Å². The fraction of sp³-hybridized carbons (Fsp3) is 0.316. The van der Waals surface area contributed by atoms with Gasteiger partial charge in [0.25, 0.3) is 0 Å². The van der Waals surface area contributed by atoms with Crippen molar-refractivity contribution in [2.45, 2.75) is 12.6 Å². The van der Waals surface area contributed by atoms with E-state index in [1.54, 1.807) is 18.4 Å². The highest BCUT2D eigenvalue weighted by Crippen LogP contribution is 2.28. The molecule has 0 spiro atoms. The zero-order valence-corrected chi connectivity index (χ0v) is 14.5. The third kappa shape index (κ3) is 3.29. The molecule has 1 atom stereocenters. The van der Waals surface area contributed by atoms with E-state index >= 15 is 0 Å². The van der Waals surface area contributed by atoms with E-state index in [4.69, 9.17) is 9.47 Å². The molecule has 3 aromatic rings. The Bertz CT molecular complexity index is 819. The number of hydrogen-bond donors (Lipinski definition) is 0. The first-order chi connectivity index (χ1) is 11.8. The minimum Gasteiger partial charge on any atom is -0.497 e. The summed E-state index contributed by atoms with van der Waals surface area (Å²) in [4.78, 5) is 6.81. The Morgan fingerprint density at radius 2 is 2.12 bits per heavy atom. The summed E-state index contributed by atoms with van der Waals surface area (Å²) in [6.45, 7) is 3.53. The van der Waals surface area contributed by atoms with Gasteiger partial charge < -0.3 is 9.47 Å². The van der Waals surface area contributed by atoms with E-state index < -0.39 is 0 Å². The Morgan fingerprint density at radius 1 is 1.25 bits per heavy atom. The Balaban J connectivity index is 1.53. The van der Waals surface area contributed by atoms with Crippen LogP contribution in [-0.4, -0.2) is 36.7 Å². The molecule has 1 fully saturated rings. The largest absolute Gasteiger partial charge is 0.497 e. The van der Waals surface area contributed by atoms with Gasteiger partial charge in [0.05, 0.1) is 26.4 Å². The van der Waals surface area contributed by atoms with Gasteiger partial charge in [-0.15, -0.1) is 11.3 Å². The number of methoxy groups -OCH3 is 1. The van der Waals surface area contributed by atoms with Gasteiger partial charge in [0.1, 0.15) is 10.8 Å². The second kappa shape index (κ2) is 6.89. The fourth-order valence-electron chi connectivity index (χ4n) is 3.14. The molecule has 1 aliphatic rings. The smallest absolute Gasteiger partial charge is 0.119 e. The van der Waals surface area contributed by atoms with Crippen LogP contribution < -0.4 is 4.74 Å². The average molecular weight is 340 g/mol. The van der Waals surface area contributed by atoms with Crippen LogP contribution in [0, 0.1) is 0 Å². The van der Waals surface area contributed by atoms with Gasteiger partial charge in [0.15, 0.2) is 0 Å². The highest BCUT2D eigenvalue weighted by atomic mass is 32.1. The first-order valence-electron chi connectivity index (χ1n) is 8.12. The molecule has 124 valence electrons. The Labute approximate surface area is 145 Å². The van der Waals surface area contributed by atoms with Gasteiger partial charge in [0, 0.05) is 24.7 Å². The van der Waals surface area contributed by atoms with Crippen molar-refractivity contribution < 1.29 is 9.47 Å². The highest BCUT2D eigenvalue weighted by Gasteiger charge is 2.22. The first-order valence-corrected chi connectivity index (χ1v) is 9.00. The number of ether oxygens (including phenoxy) is 2. The van der Waals surface area contributed by atoms with Gasteiger partial charge >= 0.3 is 0 Å². The molecule has 0 amide bonds. The number of hydrogen-bond acceptors (Lipinski definition) is 5. The van der Waals surface area contributed by atoms with E-state index in [2.05, 4.69) is 40.2 Å². The second-order valence-corrected chi connectivity index (χ2v) is 6.97. The summed E-state index contributed by atoms with van der Waals surface area (Å²) in [6.07, 6.45) is 1.99. The Morgan fingerprint density at radius 3 is 2.96 bits per heavy atom. The molecule has 4 rings (SSSR count). The number of fused-ring (bicyclic) bond motifs is 1. The van der Waals surface area contributed by atoms with Crippen LogP contribution >= 0.6 is 11.3 Å². The molecule has 0 radical (unpaired) electrons. The SMILES string of the molecule is COc1ccc2cc([C@@H]3CN(Cc4nccs4)CCO3)ccc2c1. The van der Waals surface area contributed by atoms with Crippen molar-refractivity contribution in [3.63, 3.8) is 0 Å². The summed E-state index contributed by atoms with van der Waals surface area (Å²) in [6, 6.07) is 12.7. The summed E-state index contributed by atoms with van der Waals surface area (Å²) in [5, 5.41) is 5.61. The molecule has 0 bridgehead atoms. The maximum atomic E-state index is 6.02. The van der Waals surface area contributed by atoms with Crippen LogP contribution in [0.5, 0.6) is 5.75 Å². The maximum Gasteiger partial charge on any atom is 0.119 e. The molecule has 2 heterocycles. The molecule has 1 saturated heterocycles. The molecular weight excluding hydrogens is 320 g/mol. The molecule has 1 aromatic heterocycles. The summed E-state index contributed by atoms with van der Waals surface area (Å²) < 4.78 is 11.3. The molecule has 24 heavy (non-hydrogen) atoms. The average Bonchev–Trinajstić information content (AvgIpc) is 3.14. The molecule has 0 unspecified atom stereocenters. The number of nitrogens with zero attached hydrogens (tertiary/aromatic N) is 2. The van der Waals surface area contributed by atoms with Crippen molar-refractivity contribution in [1.82, 2.24) is 9.88 Å². The van der Waals surface area contributed by atoms with Crippen LogP contribution in [0.2, 0.25) is 0 Å². The lowest BCUT2D eigenvalue weighted by atomic mass is 10.0. The number of benzene rings is 2. The van der Waals surface area contributed by atoms with Crippen molar-refractivity contribution in [1.29, 1.82) is 0 Å². The van der Waals surface area contributed by atoms with Gasteiger partial charge in [-0.05, 0) is 34.5 Å². The lowest BCUT2D eigenvalue weighted by Gasteiger charge is -2.32. The molecule has 1 aliphatic heterocycles. The van der Waals surface area contributed by atoms with Crippen molar-refractivity contribution >= 4 is 22.1 Å². The highest BCUT2D eigenvalue weighted by molar-refractivity contribution is 7.09.